The fourth-order valence-electron chi connectivity index (χ4n) is 2.36. The smallest absolute Gasteiger partial charge is 0.134 e. The van der Waals surface area contributed by atoms with Crippen LogP contribution in [-0.2, 0) is 0 Å². The molecule has 0 aliphatic carbocycles. The molecule has 0 aliphatic rings. The molecule has 3 unspecified atom stereocenters. The second-order valence-corrected chi connectivity index (χ2v) is 5.51. The molecule has 0 fully saturated rings. The van der Waals surface area contributed by atoms with Crippen LogP contribution in [0.2, 0.25) is 0 Å². The highest BCUT2D eigenvalue weighted by Gasteiger charge is 2.13. The molecule has 3 nitrogen and oxygen atoms in total. The molecule has 0 saturated carbocycles. The Balaban J connectivity index is 1.94. The monoisotopic (exact) mass is 261 g/mol. The van der Waals surface area contributed by atoms with E-state index in [2.05, 4.69) is 31.3 Å². The van der Waals surface area contributed by atoms with Gasteiger partial charge in [0.1, 0.15) is 11.3 Å². The molecule has 0 amide bonds. The first-order chi connectivity index (χ1) is 9.06. The van der Waals surface area contributed by atoms with Gasteiger partial charge in [-0.1, -0.05) is 25.1 Å². The highest BCUT2D eigenvalue weighted by molar-refractivity contribution is 5.77. The maximum absolute atomic E-state index is 9.35. The second kappa shape index (κ2) is 6.22. The van der Waals surface area contributed by atoms with Crippen molar-refractivity contribution in [3.05, 3.63) is 36.1 Å². The number of para-hydroxylation sites is 1. The van der Waals surface area contributed by atoms with Crippen LogP contribution in [0.25, 0.3) is 11.0 Å². The molecule has 1 heterocycles. The maximum atomic E-state index is 9.35. The lowest BCUT2D eigenvalue weighted by Gasteiger charge is -2.17. The molecule has 3 atom stereocenters. The molecule has 0 aliphatic heterocycles. The van der Waals surface area contributed by atoms with Gasteiger partial charge in [-0.05, 0) is 44.9 Å². The molecule has 2 rings (SSSR count). The Morgan fingerprint density at radius 1 is 1.21 bits per heavy atom. The lowest BCUT2D eigenvalue weighted by Crippen LogP contribution is -2.25. The van der Waals surface area contributed by atoms with Gasteiger partial charge in [-0.15, -0.1) is 0 Å². The van der Waals surface area contributed by atoms with Crippen molar-refractivity contribution in [3.63, 3.8) is 0 Å². The summed E-state index contributed by atoms with van der Waals surface area (Å²) < 4.78 is 5.83. The third kappa shape index (κ3) is 3.82. The van der Waals surface area contributed by atoms with Crippen molar-refractivity contribution >= 4 is 11.0 Å². The first kappa shape index (κ1) is 14.1. The molecular weight excluding hydrogens is 238 g/mol. The van der Waals surface area contributed by atoms with Crippen molar-refractivity contribution in [2.24, 2.45) is 5.92 Å². The zero-order valence-corrected chi connectivity index (χ0v) is 11.9. The number of aliphatic hydroxyl groups is 1. The van der Waals surface area contributed by atoms with Crippen LogP contribution < -0.4 is 5.32 Å². The lowest BCUT2D eigenvalue weighted by atomic mass is 10.0. The van der Waals surface area contributed by atoms with Gasteiger partial charge >= 0.3 is 0 Å². The van der Waals surface area contributed by atoms with Crippen LogP contribution in [0.5, 0.6) is 0 Å². The molecule has 2 N–H and O–H groups in total. The molecule has 1 aromatic carbocycles. The number of aliphatic hydroxyl groups excluding tert-OH is 1. The quantitative estimate of drug-likeness (QED) is 0.836. The second-order valence-electron chi connectivity index (χ2n) is 5.51. The minimum absolute atomic E-state index is 0.184. The third-order valence-electron chi connectivity index (χ3n) is 3.39. The van der Waals surface area contributed by atoms with Crippen LogP contribution >= 0.6 is 0 Å². The van der Waals surface area contributed by atoms with E-state index >= 15 is 0 Å². The van der Waals surface area contributed by atoms with Gasteiger partial charge in [0.25, 0.3) is 0 Å². The van der Waals surface area contributed by atoms with Gasteiger partial charge in [-0.3, -0.25) is 0 Å². The van der Waals surface area contributed by atoms with E-state index in [-0.39, 0.29) is 12.1 Å². The summed E-state index contributed by atoms with van der Waals surface area (Å²) in [7, 11) is 0. The average molecular weight is 261 g/mol. The van der Waals surface area contributed by atoms with Gasteiger partial charge in [0.15, 0.2) is 0 Å². The zero-order chi connectivity index (χ0) is 13.8. The van der Waals surface area contributed by atoms with Crippen molar-refractivity contribution in [2.45, 2.75) is 39.3 Å². The van der Waals surface area contributed by atoms with Crippen LogP contribution in [0.1, 0.15) is 39.0 Å². The van der Waals surface area contributed by atoms with Gasteiger partial charge in [-0.2, -0.15) is 0 Å². The predicted molar refractivity (Wildman–Crippen MR) is 78.1 cm³/mol. The zero-order valence-electron chi connectivity index (χ0n) is 11.9. The molecular formula is C16H23NO2. The van der Waals surface area contributed by atoms with Crippen molar-refractivity contribution in [3.8, 4) is 0 Å². The molecule has 0 radical (unpaired) electrons. The molecule has 3 heteroatoms. The van der Waals surface area contributed by atoms with Crippen LogP contribution in [0, 0.1) is 5.92 Å². The fourth-order valence-corrected chi connectivity index (χ4v) is 2.36. The maximum Gasteiger partial charge on any atom is 0.134 e. The topological polar surface area (TPSA) is 45.4 Å². The van der Waals surface area contributed by atoms with Gasteiger partial charge in [0.2, 0.25) is 0 Å². The Morgan fingerprint density at radius 3 is 2.63 bits per heavy atom. The van der Waals surface area contributed by atoms with Crippen molar-refractivity contribution in [1.82, 2.24) is 5.32 Å². The standard InChI is InChI=1S/C16H23NO2/c1-11(8-12(2)18)10-17-13(3)16-9-14-6-4-5-7-15(14)19-16/h4-7,9,11-13,17-18H,8,10H2,1-3H3. The minimum Gasteiger partial charge on any atom is -0.459 e. The number of fused-ring (bicyclic) bond motifs is 1. The first-order valence-corrected chi connectivity index (χ1v) is 6.96. The average Bonchev–Trinajstić information content (AvgIpc) is 2.78. The summed E-state index contributed by atoms with van der Waals surface area (Å²) in [6.45, 7) is 6.96. The molecule has 19 heavy (non-hydrogen) atoms. The van der Waals surface area contributed by atoms with Crippen LogP contribution in [0.15, 0.2) is 34.7 Å². The molecule has 104 valence electrons. The summed E-state index contributed by atoms with van der Waals surface area (Å²) in [6.07, 6.45) is 0.582. The molecule has 2 aromatic rings. The van der Waals surface area contributed by atoms with E-state index in [0.717, 1.165) is 29.7 Å². The Bertz CT molecular complexity index is 485. The molecule has 1 aromatic heterocycles. The highest BCUT2D eigenvalue weighted by Crippen LogP contribution is 2.23. The van der Waals surface area contributed by atoms with E-state index < -0.39 is 0 Å². The summed E-state index contributed by atoms with van der Waals surface area (Å²) in [6, 6.07) is 10.3. The Morgan fingerprint density at radius 2 is 1.95 bits per heavy atom. The van der Waals surface area contributed by atoms with Gasteiger partial charge in [-0.25, -0.2) is 0 Å². The van der Waals surface area contributed by atoms with Crippen LogP contribution in [-0.4, -0.2) is 17.8 Å². The highest BCUT2D eigenvalue weighted by atomic mass is 16.3. The van der Waals surface area contributed by atoms with E-state index in [1.54, 1.807) is 0 Å². The third-order valence-corrected chi connectivity index (χ3v) is 3.39. The van der Waals surface area contributed by atoms with Crippen molar-refractivity contribution < 1.29 is 9.52 Å². The number of hydrogen-bond donors (Lipinski definition) is 2. The fraction of sp³-hybridized carbons (Fsp3) is 0.500. The lowest BCUT2D eigenvalue weighted by molar-refractivity contribution is 0.162. The Hall–Kier alpha value is -1.32. The number of furan rings is 1. The first-order valence-electron chi connectivity index (χ1n) is 6.96. The van der Waals surface area contributed by atoms with E-state index in [1.165, 1.54) is 0 Å². The number of nitrogens with one attached hydrogen (secondary N) is 1. The summed E-state index contributed by atoms with van der Waals surface area (Å²) in [5.74, 6) is 1.41. The predicted octanol–water partition coefficient (Wildman–Crippen LogP) is 3.49. The van der Waals surface area contributed by atoms with Gasteiger partial charge in [0.05, 0.1) is 12.1 Å². The minimum atomic E-state index is -0.238. The summed E-state index contributed by atoms with van der Waals surface area (Å²) in [5.41, 5.74) is 0.933. The molecule has 0 bridgehead atoms. The van der Waals surface area contributed by atoms with Crippen molar-refractivity contribution in [2.75, 3.05) is 6.54 Å². The Labute approximate surface area is 114 Å². The molecule has 0 spiro atoms. The summed E-state index contributed by atoms with van der Waals surface area (Å²) >= 11 is 0. The molecule has 0 saturated heterocycles. The normalized spacial score (nSPS) is 16.4. The largest absolute Gasteiger partial charge is 0.459 e. The van der Waals surface area contributed by atoms with Gasteiger partial charge < -0.3 is 14.8 Å². The van der Waals surface area contributed by atoms with E-state index in [4.69, 9.17) is 4.42 Å². The van der Waals surface area contributed by atoms with E-state index in [1.807, 2.05) is 25.1 Å². The van der Waals surface area contributed by atoms with E-state index in [0.29, 0.717) is 5.92 Å². The van der Waals surface area contributed by atoms with Crippen LogP contribution in [0.3, 0.4) is 0 Å². The Kier molecular flexibility index (Phi) is 4.61. The number of rotatable bonds is 6. The van der Waals surface area contributed by atoms with E-state index in [9.17, 15) is 5.11 Å². The number of hydrogen-bond acceptors (Lipinski definition) is 3. The summed E-state index contributed by atoms with van der Waals surface area (Å²) in [4.78, 5) is 0. The van der Waals surface area contributed by atoms with Crippen molar-refractivity contribution in [1.29, 1.82) is 0 Å². The van der Waals surface area contributed by atoms with Gasteiger partial charge in [0, 0.05) is 5.39 Å². The number of benzene rings is 1. The SMILES string of the molecule is CC(O)CC(C)CNC(C)c1cc2ccccc2o1. The summed E-state index contributed by atoms with van der Waals surface area (Å²) in [5, 5.41) is 14.0. The van der Waals surface area contributed by atoms with Crippen LogP contribution in [0.4, 0.5) is 0 Å².